The zero-order chi connectivity index (χ0) is 21.3. The molecule has 1 aromatic rings. The summed E-state index contributed by atoms with van der Waals surface area (Å²) in [5.41, 5.74) is 5.94. The van der Waals surface area contributed by atoms with Gasteiger partial charge in [0, 0.05) is 24.8 Å². The number of primary amides is 1. The van der Waals surface area contributed by atoms with E-state index in [0.717, 1.165) is 31.7 Å². The Hall–Kier alpha value is -2.52. The molecule has 9 heteroatoms. The quantitative estimate of drug-likeness (QED) is 0.618. The molecule has 0 unspecified atom stereocenters. The Bertz CT molecular complexity index is 840. The molecule has 3 amide bonds. The van der Waals surface area contributed by atoms with Gasteiger partial charge in [-0.05, 0) is 49.8 Å². The van der Waals surface area contributed by atoms with Crippen molar-refractivity contribution in [2.45, 2.75) is 44.2 Å². The van der Waals surface area contributed by atoms with E-state index < -0.39 is 23.7 Å². The highest BCUT2D eigenvalue weighted by molar-refractivity contribution is 6.09. The van der Waals surface area contributed by atoms with Crippen molar-refractivity contribution < 1.29 is 23.5 Å². The van der Waals surface area contributed by atoms with Gasteiger partial charge >= 0.3 is 0 Å². The summed E-state index contributed by atoms with van der Waals surface area (Å²) in [5.74, 6) is -1.71. The number of morpholine rings is 1. The van der Waals surface area contributed by atoms with Crippen LogP contribution in [0.3, 0.4) is 0 Å². The standard InChI is InChI=1S/C21H27FN4O4/c22-16-10-14(4-7-17(16)25-8-9-30-12-18(25)27)24-21(29)19(20(23)28)26(15-5-6-15)11-13-2-1-3-13/h4,7,10,13,15,19H,1-3,5-6,8-9,11-12H2,(H2,23,28)(H,24,29)/t19-/m1/s1. The van der Waals surface area contributed by atoms with E-state index in [1.54, 1.807) is 0 Å². The highest BCUT2D eigenvalue weighted by Crippen LogP contribution is 2.34. The van der Waals surface area contributed by atoms with Crippen LogP contribution in [0.2, 0.25) is 0 Å². The van der Waals surface area contributed by atoms with Crippen molar-refractivity contribution in [3.05, 3.63) is 24.0 Å². The fourth-order valence-electron chi connectivity index (χ4n) is 4.08. The number of nitrogens with two attached hydrogens (primary N) is 1. The van der Waals surface area contributed by atoms with Gasteiger partial charge in [0.25, 0.3) is 11.8 Å². The molecule has 3 aliphatic rings. The fraction of sp³-hybridized carbons (Fsp3) is 0.571. The number of nitrogens with zero attached hydrogens (tertiary/aromatic N) is 2. The van der Waals surface area contributed by atoms with E-state index in [1.807, 2.05) is 4.90 Å². The summed E-state index contributed by atoms with van der Waals surface area (Å²) < 4.78 is 19.7. The van der Waals surface area contributed by atoms with Gasteiger partial charge in [0.2, 0.25) is 5.91 Å². The summed E-state index contributed by atoms with van der Waals surface area (Å²) in [4.78, 5) is 40.2. The Labute approximate surface area is 174 Å². The summed E-state index contributed by atoms with van der Waals surface area (Å²) in [6.07, 6.45) is 5.27. The van der Waals surface area contributed by atoms with Crippen LogP contribution in [-0.2, 0) is 19.1 Å². The van der Waals surface area contributed by atoms with Gasteiger partial charge in [0.05, 0.1) is 12.3 Å². The minimum atomic E-state index is -1.08. The van der Waals surface area contributed by atoms with Gasteiger partial charge in [-0.1, -0.05) is 6.42 Å². The van der Waals surface area contributed by atoms with Crippen LogP contribution in [0.25, 0.3) is 0 Å². The van der Waals surface area contributed by atoms with Crippen LogP contribution in [-0.4, -0.2) is 61.0 Å². The molecule has 3 N–H and O–H groups in total. The number of anilines is 2. The summed E-state index contributed by atoms with van der Waals surface area (Å²) in [5, 5.41) is 2.63. The Kier molecular flexibility index (Phi) is 6.01. The number of amides is 3. The van der Waals surface area contributed by atoms with Crippen LogP contribution >= 0.6 is 0 Å². The molecule has 0 radical (unpaired) electrons. The molecule has 4 rings (SSSR count). The normalized spacial score (nSPS) is 20.7. The molecule has 3 fully saturated rings. The molecule has 162 valence electrons. The Morgan fingerprint density at radius 1 is 1.30 bits per heavy atom. The number of carbonyl (C=O) groups excluding carboxylic acids is 3. The number of halogens is 1. The molecule has 1 aromatic carbocycles. The monoisotopic (exact) mass is 418 g/mol. The first kappa shape index (κ1) is 20.7. The highest BCUT2D eigenvalue weighted by atomic mass is 19.1. The van der Waals surface area contributed by atoms with Crippen molar-refractivity contribution in [3.8, 4) is 0 Å². The predicted molar refractivity (Wildman–Crippen MR) is 108 cm³/mol. The number of ether oxygens (including phenoxy) is 1. The lowest BCUT2D eigenvalue weighted by Crippen LogP contribution is -2.54. The first-order chi connectivity index (χ1) is 14.4. The SMILES string of the molecule is NC(=O)[C@H](C(=O)Nc1ccc(N2CCOCC2=O)c(F)c1)N(CC1CCC1)C1CC1. The smallest absolute Gasteiger partial charge is 0.253 e. The maximum absolute atomic E-state index is 14.7. The first-order valence-electron chi connectivity index (χ1n) is 10.5. The van der Waals surface area contributed by atoms with Crippen LogP contribution < -0.4 is 16.0 Å². The molecule has 2 aliphatic carbocycles. The highest BCUT2D eigenvalue weighted by Gasteiger charge is 2.42. The molecular formula is C21H27FN4O4. The van der Waals surface area contributed by atoms with E-state index >= 15 is 0 Å². The Morgan fingerprint density at radius 2 is 2.07 bits per heavy atom. The number of nitrogens with one attached hydrogen (secondary N) is 1. The van der Waals surface area contributed by atoms with Crippen LogP contribution in [0.1, 0.15) is 32.1 Å². The Balaban J connectivity index is 1.47. The average Bonchev–Trinajstić information content (AvgIpc) is 3.49. The molecule has 0 bridgehead atoms. The van der Waals surface area contributed by atoms with Gasteiger partial charge in [0.1, 0.15) is 12.4 Å². The molecule has 0 spiro atoms. The minimum Gasteiger partial charge on any atom is -0.370 e. The van der Waals surface area contributed by atoms with E-state index in [4.69, 9.17) is 10.5 Å². The third-order valence-corrected chi connectivity index (χ3v) is 6.05. The van der Waals surface area contributed by atoms with Gasteiger partial charge in [-0.25, -0.2) is 4.39 Å². The van der Waals surface area contributed by atoms with Gasteiger partial charge < -0.3 is 20.7 Å². The van der Waals surface area contributed by atoms with Crippen LogP contribution in [0.4, 0.5) is 15.8 Å². The van der Waals surface area contributed by atoms with E-state index in [0.29, 0.717) is 19.1 Å². The first-order valence-corrected chi connectivity index (χ1v) is 10.5. The van der Waals surface area contributed by atoms with Crippen LogP contribution in [0.5, 0.6) is 0 Å². The zero-order valence-electron chi connectivity index (χ0n) is 16.8. The van der Waals surface area contributed by atoms with Gasteiger partial charge in [-0.2, -0.15) is 0 Å². The molecule has 30 heavy (non-hydrogen) atoms. The predicted octanol–water partition coefficient (Wildman–Crippen LogP) is 1.25. The van der Waals surface area contributed by atoms with Crippen molar-refractivity contribution in [3.63, 3.8) is 0 Å². The third kappa shape index (κ3) is 4.46. The van der Waals surface area contributed by atoms with Crippen LogP contribution in [0.15, 0.2) is 18.2 Å². The van der Waals surface area contributed by atoms with Gasteiger partial charge in [0.15, 0.2) is 6.04 Å². The molecule has 1 aliphatic heterocycles. The molecule has 8 nitrogen and oxygen atoms in total. The summed E-state index contributed by atoms with van der Waals surface area (Å²) in [7, 11) is 0. The fourth-order valence-corrected chi connectivity index (χ4v) is 4.08. The molecule has 1 saturated heterocycles. The number of rotatable bonds is 8. The lowest BCUT2D eigenvalue weighted by molar-refractivity contribution is -0.133. The zero-order valence-corrected chi connectivity index (χ0v) is 16.8. The van der Waals surface area contributed by atoms with Gasteiger partial charge in [-0.3, -0.25) is 19.3 Å². The number of hydrogen-bond acceptors (Lipinski definition) is 5. The van der Waals surface area contributed by atoms with Crippen molar-refractivity contribution in [1.82, 2.24) is 4.90 Å². The van der Waals surface area contributed by atoms with Crippen molar-refractivity contribution in [1.29, 1.82) is 0 Å². The average molecular weight is 418 g/mol. The molecular weight excluding hydrogens is 391 g/mol. The number of hydrogen-bond donors (Lipinski definition) is 2. The summed E-state index contributed by atoms with van der Waals surface area (Å²) >= 11 is 0. The van der Waals surface area contributed by atoms with E-state index in [9.17, 15) is 18.8 Å². The Morgan fingerprint density at radius 3 is 2.63 bits per heavy atom. The second-order valence-corrected chi connectivity index (χ2v) is 8.28. The summed E-state index contributed by atoms with van der Waals surface area (Å²) in [6.45, 7) is 1.19. The number of carbonyl (C=O) groups is 3. The minimum absolute atomic E-state index is 0.0871. The second-order valence-electron chi connectivity index (χ2n) is 8.28. The van der Waals surface area contributed by atoms with Crippen LogP contribution in [0, 0.1) is 11.7 Å². The molecule has 0 aromatic heterocycles. The van der Waals surface area contributed by atoms with Crippen molar-refractivity contribution >= 4 is 29.1 Å². The largest absolute Gasteiger partial charge is 0.370 e. The van der Waals surface area contributed by atoms with Crippen molar-refractivity contribution in [2.24, 2.45) is 11.7 Å². The van der Waals surface area contributed by atoms with E-state index in [1.165, 1.54) is 23.5 Å². The van der Waals surface area contributed by atoms with Crippen molar-refractivity contribution in [2.75, 3.05) is 36.5 Å². The lowest BCUT2D eigenvalue weighted by atomic mass is 9.84. The maximum atomic E-state index is 14.7. The second kappa shape index (κ2) is 8.69. The molecule has 1 heterocycles. The summed E-state index contributed by atoms with van der Waals surface area (Å²) in [6, 6.07) is 3.23. The number of benzene rings is 1. The lowest BCUT2D eigenvalue weighted by Gasteiger charge is -2.35. The topological polar surface area (TPSA) is 105 Å². The maximum Gasteiger partial charge on any atom is 0.253 e. The third-order valence-electron chi connectivity index (χ3n) is 6.05. The van der Waals surface area contributed by atoms with Gasteiger partial charge in [-0.15, -0.1) is 0 Å². The van der Waals surface area contributed by atoms with E-state index in [2.05, 4.69) is 5.32 Å². The molecule has 1 atom stereocenters. The van der Waals surface area contributed by atoms with E-state index in [-0.39, 0.29) is 36.5 Å². The molecule has 2 saturated carbocycles.